The van der Waals surface area contributed by atoms with Gasteiger partial charge < -0.3 is 5.73 Å². The average Bonchev–Trinajstić information content (AvgIpc) is 1.68. The second-order valence-corrected chi connectivity index (χ2v) is 2.82. The topological polar surface area (TPSA) is 49.8 Å². The maximum atomic E-state index is 8.14. The number of nitrogens with two attached hydrogens (primary N) is 1. The molecule has 0 radical (unpaired) electrons. The first-order valence-corrected chi connectivity index (χ1v) is 3.44. The van der Waals surface area contributed by atoms with E-state index in [4.69, 9.17) is 11.0 Å². The van der Waals surface area contributed by atoms with Gasteiger partial charge in [0.15, 0.2) is 0 Å². The second-order valence-electron chi connectivity index (χ2n) is 1.60. The predicted octanol–water partition coefficient (Wildman–Crippen LogP) is 1.52. The average molecular weight is 211 g/mol. The number of thioether (sulfide) groups is 1. The Bertz CT molecular complexity index is 91.4. The zero-order valence-corrected chi connectivity index (χ0v) is 7.86. The van der Waals surface area contributed by atoms with Crippen LogP contribution in [0.1, 0.15) is 13.3 Å². The Kier molecular flexibility index (Phi) is 11.0. The van der Waals surface area contributed by atoms with Crippen molar-refractivity contribution in [2.45, 2.75) is 18.6 Å². The summed E-state index contributed by atoms with van der Waals surface area (Å²) in [6.07, 6.45) is 0.929. The zero-order valence-electron chi connectivity index (χ0n) is 5.33. The Hall–Kier alpha value is 0.280. The van der Waals surface area contributed by atoms with Crippen molar-refractivity contribution >= 4 is 28.7 Å². The third-order valence-electron chi connectivity index (χ3n) is 0.827. The molecule has 54 valence electrons. The smallest absolute Gasteiger partial charge is 0.133 e. The van der Waals surface area contributed by atoms with Crippen LogP contribution in [0.15, 0.2) is 0 Å². The molecule has 0 bridgehead atoms. The molecule has 0 aliphatic carbocycles. The summed E-state index contributed by atoms with van der Waals surface area (Å²) in [7, 11) is 0. The Morgan fingerprint density at radius 2 is 2.33 bits per heavy atom. The number of nitrogens with zero attached hydrogens (tertiary/aromatic N) is 1. The number of hydrogen-bond acceptors (Lipinski definition) is 3. The second kappa shape index (κ2) is 8.28. The fourth-order valence-electron chi connectivity index (χ4n) is 0.384. The number of thiocyanates is 1. The molecule has 2 N–H and O–H groups in total. The van der Waals surface area contributed by atoms with E-state index in [1.165, 1.54) is 11.8 Å². The molecule has 0 rings (SSSR count). The van der Waals surface area contributed by atoms with Crippen molar-refractivity contribution in [2.24, 2.45) is 5.73 Å². The molecule has 0 aromatic rings. The summed E-state index contributed by atoms with van der Waals surface area (Å²) >= 11 is 1.28. The largest absolute Gasteiger partial charge is 0.330 e. The third kappa shape index (κ3) is 8.28. The van der Waals surface area contributed by atoms with Gasteiger partial charge in [0.05, 0.1) is 0 Å². The quantitative estimate of drug-likeness (QED) is 0.720. The number of hydrogen-bond donors (Lipinski definition) is 1. The van der Waals surface area contributed by atoms with Crippen molar-refractivity contribution < 1.29 is 0 Å². The fraction of sp³-hybridized carbons (Fsp3) is 0.800. The molecule has 0 fully saturated rings. The Labute approximate surface area is 70.6 Å². The highest BCUT2D eigenvalue weighted by molar-refractivity contribution is 8.93. The van der Waals surface area contributed by atoms with Gasteiger partial charge in [0.25, 0.3) is 0 Å². The molecular formula is C5H11BrN2S. The summed E-state index contributed by atoms with van der Waals surface area (Å²) < 4.78 is 0. The van der Waals surface area contributed by atoms with Crippen LogP contribution < -0.4 is 5.73 Å². The van der Waals surface area contributed by atoms with Gasteiger partial charge in [-0.25, -0.2) is 0 Å². The fourth-order valence-corrected chi connectivity index (χ4v) is 0.817. The summed E-state index contributed by atoms with van der Waals surface area (Å²) in [4.78, 5) is 0. The van der Waals surface area contributed by atoms with Gasteiger partial charge in [0, 0.05) is 5.25 Å². The predicted molar refractivity (Wildman–Crippen MR) is 46.7 cm³/mol. The zero-order chi connectivity index (χ0) is 6.41. The highest BCUT2D eigenvalue weighted by Gasteiger charge is 1.97. The van der Waals surface area contributed by atoms with Gasteiger partial charge in [-0.2, -0.15) is 5.26 Å². The van der Waals surface area contributed by atoms with Crippen LogP contribution in [-0.2, 0) is 0 Å². The molecule has 0 saturated heterocycles. The minimum atomic E-state index is 0. The normalized spacial score (nSPS) is 11.2. The van der Waals surface area contributed by atoms with Gasteiger partial charge in [-0.05, 0) is 24.7 Å². The lowest BCUT2D eigenvalue weighted by atomic mass is 10.3. The molecule has 1 unspecified atom stereocenters. The van der Waals surface area contributed by atoms with Gasteiger partial charge in [0.2, 0.25) is 0 Å². The van der Waals surface area contributed by atoms with E-state index < -0.39 is 0 Å². The molecule has 0 aromatic carbocycles. The van der Waals surface area contributed by atoms with E-state index in [2.05, 4.69) is 0 Å². The third-order valence-corrected chi connectivity index (χ3v) is 1.57. The van der Waals surface area contributed by atoms with Crippen molar-refractivity contribution in [1.82, 2.24) is 0 Å². The minimum Gasteiger partial charge on any atom is -0.330 e. The molecule has 0 heterocycles. The first-order chi connectivity index (χ1) is 3.81. The lowest BCUT2D eigenvalue weighted by Gasteiger charge is -1.99. The molecule has 0 aromatic heterocycles. The number of halogens is 1. The summed E-state index contributed by atoms with van der Waals surface area (Å²) in [5.41, 5.74) is 5.24. The van der Waals surface area contributed by atoms with Crippen LogP contribution in [0.2, 0.25) is 0 Å². The van der Waals surface area contributed by atoms with E-state index in [1.54, 1.807) is 0 Å². The van der Waals surface area contributed by atoms with Gasteiger partial charge in [-0.1, -0.05) is 6.92 Å². The monoisotopic (exact) mass is 210 g/mol. The molecule has 1 atom stereocenters. The van der Waals surface area contributed by atoms with Crippen molar-refractivity contribution in [3.05, 3.63) is 0 Å². The molecular weight excluding hydrogens is 200 g/mol. The van der Waals surface area contributed by atoms with Crippen LogP contribution in [0.3, 0.4) is 0 Å². The summed E-state index contributed by atoms with van der Waals surface area (Å²) in [6, 6.07) is 0. The highest BCUT2D eigenvalue weighted by atomic mass is 79.9. The van der Waals surface area contributed by atoms with E-state index in [9.17, 15) is 0 Å². The van der Waals surface area contributed by atoms with E-state index in [0.717, 1.165) is 6.42 Å². The molecule has 0 saturated carbocycles. The van der Waals surface area contributed by atoms with E-state index in [-0.39, 0.29) is 17.0 Å². The van der Waals surface area contributed by atoms with Crippen molar-refractivity contribution in [3.63, 3.8) is 0 Å². The van der Waals surface area contributed by atoms with E-state index in [0.29, 0.717) is 11.8 Å². The highest BCUT2D eigenvalue weighted by Crippen LogP contribution is 2.09. The van der Waals surface area contributed by atoms with Gasteiger partial charge in [0.1, 0.15) is 5.40 Å². The lowest BCUT2D eigenvalue weighted by Crippen LogP contribution is -2.05. The van der Waals surface area contributed by atoms with Crippen LogP contribution in [-0.4, -0.2) is 11.8 Å². The summed E-state index contributed by atoms with van der Waals surface area (Å²) in [5, 5.41) is 10.5. The molecule has 0 amide bonds. The number of rotatable bonds is 3. The van der Waals surface area contributed by atoms with Crippen LogP contribution in [0, 0.1) is 10.7 Å². The SMILES string of the molecule is Br.CC(CCN)SC#N. The first-order valence-electron chi connectivity index (χ1n) is 2.56. The van der Waals surface area contributed by atoms with Crippen LogP contribution in [0.5, 0.6) is 0 Å². The molecule has 2 nitrogen and oxygen atoms in total. The van der Waals surface area contributed by atoms with Crippen LogP contribution >= 0.6 is 28.7 Å². The Morgan fingerprint density at radius 3 is 2.67 bits per heavy atom. The van der Waals surface area contributed by atoms with E-state index in [1.807, 2.05) is 12.3 Å². The maximum Gasteiger partial charge on any atom is 0.133 e. The molecule has 0 aliphatic heterocycles. The molecule has 9 heavy (non-hydrogen) atoms. The van der Waals surface area contributed by atoms with Gasteiger partial charge in [-0.3, -0.25) is 0 Å². The Morgan fingerprint density at radius 1 is 1.78 bits per heavy atom. The molecule has 0 aliphatic rings. The number of nitriles is 1. The Balaban J connectivity index is 0. The minimum absolute atomic E-state index is 0. The van der Waals surface area contributed by atoms with Crippen molar-refractivity contribution in [1.29, 1.82) is 5.26 Å². The van der Waals surface area contributed by atoms with Crippen molar-refractivity contribution in [2.75, 3.05) is 6.54 Å². The summed E-state index contributed by atoms with van der Waals surface area (Å²) in [5.74, 6) is 0. The van der Waals surface area contributed by atoms with E-state index >= 15 is 0 Å². The first kappa shape index (κ1) is 12.0. The van der Waals surface area contributed by atoms with Gasteiger partial charge >= 0.3 is 0 Å². The van der Waals surface area contributed by atoms with Crippen LogP contribution in [0.25, 0.3) is 0 Å². The standard InChI is InChI=1S/C5H10N2S.BrH/c1-5(2-3-6)8-4-7;/h5H,2-3,6H2,1H3;1H. The maximum absolute atomic E-state index is 8.14. The summed E-state index contributed by atoms with van der Waals surface area (Å²) in [6.45, 7) is 2.68. The lowest BCUT2D eigenvalue weighted by molar-refractivity contribution is 0.826. The molecule has 4 heteroatoms. The van der Waals surface area contributed by atoms with Crippen LogP contribution in [0.4, 0.5) is 0 Å². The van der Waals surface area contributed by atoms with Gasteiger partial charge in [-0.15, -0.1) is 17.0 Å². The van der Waals surface area contributed by atoms with Crippen molar-refractivity contribution in [3.8, 4) is 5.40 Å². The molecule has 0 spiro atoms.